The monoisotopic (exact) mass is 814 g/mol. The summed E-state index contributed by atoms with van der Waals surface area (Å²) in [5.41, 5.74) is -0.168. The number of hydrogen-bond donors (Lipinski definition) is 3. The van der Waals surface area contributed by atoms with Crippen molar-refractivity contribution in [1.29, 1.82) is 0 Å². The first-order valence-electron chi connectivity index (χ1n) is 20.9. The Morgan fingerprint density at radius 3 is 2.53 bits per heavy atom. The number of allylic oxidation sites excluding steroid dienone is 1. The van der Waals surface area contributed by atoms with Crippen LogP contribution in [0.15, 0.2) is 60.7 Å². The van der Waals surface area contributed by atoms with E-state index in [2.05, 4.69) is 16.0 Å². The zero-order valence-electron chi connectivity index (χ0n) is 34.0. The number of nitrogens with one attached hydrogen (secondary N) is 3. The summed E-state index contributed by atoms with van der Waals surface area (Å²) in [6.07, 6.45) is 6.07. The minimum absolute atomic E-state index is 0.0172. The number of ether oxygens (including phenoxy) is 2. The molecule has 0 spiro atoms. The van der Waals surface area contributed by atoms with Gasteiger partial charge in [0.15, 0.2) is 0 Å². The number of rotatable bonds is 6. The maximum Gasteiger partial charge on any atom is 0.410 e. The molecule has 7 rings (SSSR count). The molecule has 0 bridgehead atoms. The lowest BCUT2D eigenvalue weighted by Gasteiger charge is -2.32. The van der Waals surface area contributed by atoms with Crippen molar-refractivity contribution in [3.8, 4) is 0 Å². The Morgan fingerprint density at radius 1 is 0.966 bits per heavy atom. The standard InChI is InChI=1S/C44H55FN6O8/c1-43(2,3)59-41(56)47-34-19-11-6-4-5-10-17-30-23-44(30,40(55)50-21-13-20-35(50)37(52)46-24-28-14-8-7-9-15-28)48-38(53)36-22-31(26-51(36)39(34)54)58-42(57)49-25-29-16-12-18-33(45)32(29)27-49/h7-10,12,14-18,30-31,34-36H,4-6,11,13,19-27H2,1-3H3,(H,46,52)(H,47,56)(H,48,53)/b17-10-/t30-,31-,34+,35+,36+,44-/m1/s1. The molecule has 0 radical (unpaired) electrons. The van der Waals surface area contributed by atoms with Crippen LogP contribution in [0.4, 0.5) is 14.0 Å². The van der Waals surface area contributed by atoms with E-state index in [4.69, 9.17) is 9.47 Å². The number of carbonyl (C=O) groups excluding carboxylic acids is 6. The molecule has 2 aromatic rings. The van der Waals surface area contributed by atoms with E-state index in [1.807, 2.05) is 42.5 Å². The highest BCUT2D eigenvalue weighted by molar-refractivity contribution is 6.00. The Bertz CT molecular complexity index is 1970. The van der Waals surface area contributed by atoms with Crippen molar-refractivity contribution in [2.75, 3.05) is 13.1 Å². The van der Waals surface area contributed by atoms with E-state index in [9.17, 15) is 33.2 Å². The fourth-order valence-electron chi connectivity index (χ4n) is 8.77. The van der Waals surface area contributed by atoms with Gasteiger partial charge in [-0.05, 0) is 76.5 Å². The van der Waals surface area contributed by atoms with Crippen molar-refractivity contribution in [2.24, 2.45) is 5.92 Å². The molecule has 3 fully saturated rings. The lowest BCUT2D eigenvalue weighted by atomic mass is 10.0. The zero-order valence-corrected chi connectivity index (χ0v) is 34.0. The summed E-state index contributed by atoms with van der Waals surface area (Å²) >= 11 is 0. The minimum Gasteiger partial charge on any atom is -0.444 e. The van der Waals surface area contributed by atoms with Gasteiger partial charge in [-0.2, -0.15) is 0 Å². The quantitative estimate of drug-likeness (QED) is 0.349. The number of benzene rings is 2. The summed E-state index contributed by atoms with van der Waals surface area (Å²) in [5, 5.41) is 8.74. The van der Waals surface area contributed by atoms with Gasteiger partial charge in [-0.3, -0.25) is 24.1 Å². The molecule has 6 atom stereocenters. The predicted molar refractivity (Wildman–Crippen MR) is 213 cm³/mol. The molecule has 0 unspecified atom stereocenters. The maximum absolute atomic E-state index is 14.7. The van der Waals surface area contributed by atoms with Gasteiger partial charge in [0.2, 0.25) is 23.6 Å². The Labute approximate surface area is 344 Å². The van der Waals surface area contributed by atoms with Gasteiger partial charge in [0, 0.05) is 37.5 Å². The molecule has 1 saturated carbocycles. The van der Waals surface area contributed by atoms with Gasteiger partial charge >= 0.3 is 12.2 Å². The number of nitrogens with zero attached hydrogens (tertiary/aromatic N) is 3. The molecule has 4 aliphatic heterocycles. The van der Waals surface area contributed by atoms with E-state index in [0.29, 0.717) is 49.9 Å². The summed E-state index contributed by atoms with van der Waals surface area (Å²) in [6, 6.07) is 11.2. The van der Waals surface area contributed by atoms with Gasteiger partial charge in [-0.1, -0.05) is 67.5 Å². The Kier molecular flexibility index (Phi) is 12.3. The van der Waals surface area contributed by atoms with Crippen molar-refractivity contribution < 1.29 is 42.6 Å². The van der Waals surface area contributed by atoms with Gasteiger partial charge in [-0.15, -0.1) is 0 Å². The minimum atomic E-state index is -1.35. The summed E-state index contributed by atoms with van der Waals surface area (Å²) < 4.78 is 26.0. The zero-order chi connectivity index (χ0) is 41.9. The summed E-state index contributed by atoms with van der Waals surface area (Å²) in [7, 11) is 0. The molecule has 0 aromatic heterocycles. The number of hydrogen-bond acceptors (Lipinski definition) is 8. The van der Waals surface area contributed by atoms with Crippen LogP contribution in [-0.2, 0) is 48.3 Å². The summed E-state index contributed by atoms with van der Waals surface area (Å²) in [4.78, 5) is 88.2. The molecule has 1 aliphatic carbocycles. The third kappa shape index (κ3) is 9.55. The van der Waals surface area contributed by atoms with Crippen molar-refractivity contribution in [3.63, 3.8) is 0 Å². The number of carbonyl (C=O) groups is 6. The topological polar surface area (TPSA) is 167 Å². The van der Waals surface area contributed by atoms with E-state index < -0.39 is 65.2 Å². The fraction of sp³-hybridized carbons (Fsp3) is 0.545. The molecule has 14 nitrogen and oxygen atoms in total. The van der Waals surface area contributed by atoms with Gasteiger partial charge in [-0.25, -0.2) is 14.0 Å². The third-order valence-corrected chi connectivity index (χ3v) is 11.9. The molecule has 3 N–H and O–H groups in total. The first-order chi connectivity index (χ1) is 28.2. The average Bonchev–Trinajstić information content (AvgIpc) is 3.61. The van der Waals surface area contributed by atoms with Crippen LogP contribution >= 0.6 is 0 Å². The number of halogens is 1. The van der Waals surface area contributed by atoms with Gasteiger partial charge in [0.1, 0.15) is 41.2 Å². The first kappa shape index (κ1) is 41.7. The normalized spacial score (nSPS) is 27.6. The second-order valence-electron chi connectivity index (χ2n) is 17.4. The van der Waals surface area contributed by atoms with Crippen LogP contribution in [0.5, 0.6) is 0 Å². The van der Waals surface area contributed by atoms with E-state index >= 15 is 0 Å². The smallest absolute Gasteiger partial charge is 0.410 e. The SMILES string of the molecule is CC(C)(C)OC(=O)N[C@H]1CCCCC/C=C\[C@@H]2C[C@@]2(C(=O)N2CCC[C@H]2C(=O)NCc2ccccc2)NC(=O)[C@@H]2C[C@@H](OC(=O)N3Cc4cccc(F)c4C3)CN2C1=O. The number of likely N-dealkylation sites (tertiary alicyclic amines) is 1. The van der Waals surface area contributed by atoms with Crippen LogP contribution in [0.2, 0.25) is 0 Å². The van der Waals surface area contributed by atoms with E-state index in [0.717, 1.165) is 24.8 Å². The molecule has 2 aromatic carbocycles. The Morgan fingerprint density at radius 2 is 1.76 bits per heavy atom. The van der Waals surface area contributed by atoms with Crippen LogP contribution < -0.4 is 16.0 Å². The second-order valence-corrected chi connectivity index (χ2v) is 17.4. The fourth-order valence-corrected chi connectivity index (χ4v) is 8.77. The van der Waals surface area contributed by atoms with Crippen LogP contribution in [-0.4, -0.2) is 99.0 Å². The lowest BCUT2D eigenvalue weighted by Crippen LogP contribution is -2.59. The lowest BCUT2D eigenvalue weighted by molar-refractivity contribution is -0.145. The van der Waals surface area contributed by atoms with E-state index in [1.54, 1.807) is 37.8 Å². The number of fused-ring (bicyclic) bond motifs is 3. The highest BCUT2D eigenvalue weighted by atomic mass is 19.1. The molecular weight excluding hydrogens is 760 g/mol. The van der Waals surface area contributed by atoms with Crippen LogP contribution in [0.25, 0.3) is 0 Å². The summed E-state index contributed by atoms with van der Waals surface area (Å²) in [6.45, 7) is 5.83. The maximum atomic E-state index is 14.7. The van der Waals surface area contributed by atoms with Crippen molar-refractivity contribution in [3.05, 3.63) is 83.2 Å². The van der Waals surface area contributed by atoms with Gasteiger partial charge in [0.05, 0.1) is 13.1 Å². The van der Waals surface area contributed by atoms with E-state index in [-0.39, 0.29) is 50.2 Å². The third-order valence-electron chi connectivity index (χ3n) is 11.9. The Hall–Kier alpha value is -5.47. The van der Waals surface area contributed by atoms with E-state index in [1.165, 1.54) is 15.9 Å². The largest absolute Gasteiger partial charge is 0.444 e. The molecule has 6 amide bonds. The second kappa shape index (κ2) is 17.4. The molecule has 15 heteroatoms. The number of alkyl carbamates (subject to hydrolysis) is 1. The van der Waals surface area contributed by atoms with Crippen molar-refractivity contribution >= 4 is 35.8 Å². The van der Waals surface area contributed by atoms with Crippen molar-refractivity contribution in [2.45, 2.75) is 134 Å². The van der Waals surface area contributed by atoms with Crippen LogP contribution in [0, 0.1) is 11.7 Å². The highest BCUT2D eigenvalue weighted by Gasteiger charge is 2.63. The number of amides is 6. The Balaban J connectivity index is 1.12. The first-order valence-corrected chi connectivity index (χ1v) is 20.9. The molecule has 2 saturated heterocycles. The molecule has 316 valence electrons. The highest BCUT2D eigenvalue weighted by Crippen LogP contribution is 2.47. The molecule has 5 aliphatic rings. The average molecular weight is 815 g/mol. The van der Waals surface area contributed by atoms with Gasteiger partial charge in [0.25, 0.3) is 0 Å². The predicted octanol–water partition coefficient (Wildman–Crippen LogP) is 4.84. The van der Waals surface area contributed by atoms with Gasteiger partial charge < -0.3 is 35.2 Å². The van der Waals surface area contributed by atoms with Crippen molar-refractivity contribution in [1.82, 2.24) is 30.7 Å². The molecule has 59 heavy (non-hydrogen) atoms. The summed E-state index contributed by atoms with van der Waals surface area (Å²) in [5.74, 6) is -2.52. The van der Waals surface area contributed by atoms with Crippen LogP contribution in [0.3, 0.4) is 0 Å². The molecule has 4 heterocycles. The van der Waals surface area contributed by atoms with Crippen LogP contribution in [0.1, 0.15) is 95.2 Å². The molecular formula is C44H55FN6O8.